The van der Waals surface area contributed by atoms with Crippen LogP contribution in [0.5, 0.6) is 0 Å². The number of benzene rings is 3. The van der Waals surface area contributed by atoms with Crippen molar-refractivity contribution in [3.63, 3.8) is 0 Å². The molecule has 6 nitrogen and oxygen atoms in total. The minimum absolute atomic E-state index is 0.107. The van der Waals surface area contributed by atoms with Gasteiger partial charge in [0, 0.05) is 36.3 Å². The van der Waals surface area contributed by atoms with Crippen LogP contribution in [0.15, 0.2) is 72.8 Å². The standard InChI is InChI=1S/C46H58N4O2/c51-45(47-35-16-12-31(13-17-35)24-26-49-41-20-21-42(49)38-9-2-1-8-37(38)41)29-33-6-5-7-34(28-33)30-46(52)48-36-18-14-32(15-19-36)25-27-50-43-22-23-44(50)40-11-4-3-10-39(40)43/h1-11,28,31-32,35-36,41-44H,12-27,29-30H2,(H,47,51)(H,48,52)/t31-,32-,35-,36-,41-,42+,43-,44+. The molecule has 6 aliphatic rings. The maximum atomic E-state index is 13.1. The molecule has 4 atom stereocenters. The van der Waals surface area contributed by atoms with Crippen molar-refractivity contribution >= 4 is 11.8 Å². The second-order valence-corrected chi connectivity index (χ2v) is 17.3. The van der Waals surface area contributed by atoms with E-state index in [0.29, 0.717) is 37.0 Å². The van der Waals surface area contributed by atoms with Crippen molar-refractivity contribution < 1.29 is 9.59 Å². The van der Waals surface area contributed by atoms with Gasteiger partial charge in [-0.15, -0.1) is 0 Å². The van der Waals surface area contributed by atoms with E-state index in [4.69, 9.17) is 0 Å². The van der Waals surface area contributed by atoms with Crippen LogP contribution in [0.25, 0.3) is 0 Å². The van der Waals surface area contributed by atoms with Crippen molar-refractivity contribution in [1.82, 2.24) is 20.4 Å². The van der Waals surface area contributed by atoms with Gasteiger partial charge in [-0.3, -0.25) is 19.4 Å². The first-order chi connectivity index (χ1) is 25.6. The second kappa shape index (κ2) is 15.1. The van der Waals surface area contributed by atoms with E-state index in [-0.39, 0.29) is 23.9 Å². The van der Waals surface area contributed by atoms with Gasteiger partial charge < -0.3 is 10.6 Å². The first-order valence-electron chi connectivity index (χ1n) is 20.9. The molecule has 4 heterocycles. The van der Waals surface area contributed by atoms with Gasteiger partial charge in [0.25, 0.3) is 0 Å². The zero-order valence-electron chi connectivity index (χ0n) is 31.0. The van der Waals surface area contributed by atoms with Crippen LogP contribution in [-0.2, 0) is 22.4 Å². The van der Waals surface area contributed by atoms with Gasteiger partial charge in [-0.05, 0) is 148 Å². The average Bonchev–Trinajstić information content (AvgIpc) is 3.93. The molecule has 0 radical (unpaired) electrons. The summed E-state index contributed by atoms with van der Waals surface area (Å²) >= 11 is 0. The van der Waals surface area contributed by atoms with E-state index in [1.165, 1.54) is 77.3 Å². The lowest BCUT2D eigenvalue weighted by molar-refractivity contribution is -0.122. The van der Waals surface area contributed by atoms with E-state index in [0.717, 1.165) is 48.6 Å². The Labute approximate surface area is 311 Å². The van der Waals surface area contributed by atoms with E-state index < -0.39 is 0 Å². The van der Waals surface area contributed by atoms with Gasteiger partial charge in [0.2, 0.25) is 11.8 Å². The fourth-order valence-corrected chi connectivity index (χ4v) is 11.6. The molecule has 52 heavy (non-hydrogen) atoms. The summed E-state index contributed by atoms with van der Waals surface area (Å²) in [6.45, 7) is 2.41. The molecule has 0 unspecified atom stereocenters. The highest BCUT2D eigenvalue weighted by Gasteiger charge is 2.44. The molecule has 6 heteroatoms. The third-order valence-corrected chi connectivity index (χ3v) is 14.2. The summed E-state index contributed by atoms with van der Waals surface area (Å²) in [5, 5.41) is 6.69. The molecule has 0 spiro atoms. The Kier molecular flexibility index (Phi) is 9.96. The van der Waals surface area contributed by atoms with Gasteiger partial charge in [-0.1, -0.05) is 72.8 Å². The van der Waals surface area contributed by atoms with Crippen LogP contribution in [-0.4, -0.2) is 46.8 Å². The van der Waals surface area contributed by atoms with Crippen molar-refractivity contribution in [3.05, 3.63) is 106 Å². The first-order valence-corrected chi connectivity index (χ1v) is 20.9. The Bertz CT molecular complexity index is 1550. The minimum atomic E-state index is 0.107. The molecule has 9 rings (SSSR count). The molecule has 4 aliphatic heterocycles. The third kappa shape index (κ3) is 7.10. The summed E-state index contributed by atoms with van der Waals surface area (Å²) in [5.74, 6) is 1.75. The molecule has 0 aromatic heterocycles. The number of hydrogen-bond donors (Lipinski definition) is 2. The van der Waals surface area contributed by atoms with Crippen LogP contribution in [0.3, 0.4) is 0 Å². The van der Waals surface area contributed by atoms with Crippen molar-refractivity contribution in [3.8, 4) is 0 Å². The van der Waals surface area contributed by atoms with E-state index in [1.807, 2.05) is 18.2 Å². The lowest BCUT2D eigenvalue weighted by atomic mass is 9.84. The molecule has 2 aliphatic carbocycles. The fraction of sp³-hybridized carbons (Fsp3) is 0.565. The van der Waals surface area contributed by atoms with Gasteiger partial charge >= 0.3 is 0 Å². The predicted molar refractivity (Wildman–Crippen MR) is 207 cm³/mol. The highest BCUT2D eigenvalue weighted by molar-refractivity contribution is 5.80. The predicted octanol–water partition coefficient (Wildman–Crippen LogP) is 8.69. The quantitative estimate of drug-likeness (QED) is 0.199. The van der Waals surface area contributed by atoms with Crippen LogP contribution in [0, 0.1) is 11.8 Å². The molecular weight excluding hydrogens is 641 g/mol. The van der Waals surface area contributed by atoms with Crippen molar-refractivity contribution in [2.45, 2.75) is 139 Å². The van der Waals surface area contributed by atoms with E-state index >= 15 is 0 Å². The number of nitrogens with one attached hydrogen (secondary N) is 2. The summed E-state index contributed by atoms with van der Waals surface area (Å²) in [6, 6.07) is 29.4. The SMILES string of the molecule is O=C(Cc1cccc(CC(=O)N[C@H]2CC[C@H](CCN3[C@@H]4CC[C@H]3c3ccccc34)CC2)c1)N[C@H]1CC[C@H](CCN2[C@@H]3CC[C@H]2c2ccccc23)CC1. The number of carbonyl (C=O) groups is 2. The maximum Gasteiger partial charge on any atom is 0.224 e. The third-order valence-electron chi connectivity index (χ3n) is 14.2. The van der Waals surface area contributed by atoms with E-state index in [2.05, 4.69) is 75.0 Å². The van der Waals surface area contributed by atoms with Gasteiger partial charge in [0.1, 0.15) is 0 Å². The Morgan fingerprint density at radius 1 is 0.481 bits per heavy atom. The van der Waals surface area contributed by atoms with Crippen molar-refractivity contribution in [1.29, 1.82) is 0 Å². The number of rotatable bonds is 12. The molecule has 3 aromatic carbocycles. The zero-order valence-corrected chi connectivity index (χ0v) is 31.0. The largest absolute Gasteiger partial charge is 0.353 e. The lowest BCUT2D eigenvalue weighted by Crippen LogP contribution is -2.39. The van der Waals surface area contributed by atoms with Crippen LogP contribution in [0.2, 0.25) is 0 Å². The fourth-order valence-electron chi connectivity index (χ4n) is 11.6. The molecule has 4 fully saturated rings. The molecule has 274 valence electrons. The Hall–Kier alpha value is -3.48. The summed E-state index contributed by atoms with van der Waals surface area (Å²) < 4.78 is 0. The lowest BCUT2D eigenvalue weighted by Gasteiger charge is -2.31. The van der Waals surface area contributed by atoms with Crippen LogP contribution in [0.1, 0.15) is 147 Å². The maximum absolute atomic E-state index is 13.1. The number of fused-ring (bicyclic) bond motifs is 10. The van der Waals surface area contributed by atoms with Crippen molar-refractivity contribution in [2.24, 2.45) is 11.8 Å². The van der Waals surface area contributed by atoms with E-state index in [1.54, 1.807) is 22.3 Å². The molecule has 2 saturated carbocycles. The Balaban J connectivity index is 0.664. The van der Waals surface area contributed by atoms with Crippen LogP contribution in [0.4, 0.5) is 0 Å². The second-order valence-electron chi connectivity index (χ2n) is 17.3. The van der Waals surface area contributed by atoms with Gasteiger partial charge in [0.05, 0.1) is 12.8 Å². The Morgan fingerprint density at radius 3 is 1.21 bits per heavy atom. The average molecular weight is 699 g/mol. The van der Waals surface area contributed by atoms with E-state index in [9.17, 15) is 9.59 Å². The summed E-state index contributed by atoms with van der Waals surface area (Å²) in [7, 11) is 0. The number of nitrogens with zero attached hydrogens (tertiary/aromatic N) is 2. The highest BCUT2D eigenvalue weighted by Crippen LogP contribution is 2.54. The van der Waals surface area contributed by atoms with Gasteiger partial charge in [0.15, 0.2) is 0 Å². The summed E-state index contributed by atoms with van der Waals surface area (Å²) in [6.07, 6.45) is 17.7. The minimum Gasteiger partial charge on any atom is -0.353 e. The molecule has 2 amide bonds. The summed E-state index contributed by atoms with van der Waals surface area (Å²) in [5.41, 5.74) is 8.30. The number of amides is 2. The van der Waals surface area contributed by atoms with Gasteiger partial charge in [-0.25, -0.2) is 0 Å². The Morgan fingerprint density at radius 2 is 0.846 bits per heavy atom. The van der Waals surface area contributed by atoms with Gasteiger partial charge in [-0.2, -0.15) is 0 Å². The summed E-state index contributed by atoms with van der Waals surface area (Å²) in [4.78, 5) is 31.7. The highest BCUT2D eigenvalue weighted by atomic mass is 16.2. The molecule has 3 aromatic rings. The zero-order chi connectivity index (χ0) is 35.0. The number of hydrogen-bond acceptors (Lipinski definition) is 4. The normalized spacial score (nSPS) is 30.6. The van der Waals surface area contributed by atoms with Crippen LogP contribution < -0.4 is 10.6 Å². The first kappa shape index (κ1) is 34.3. The number of carbonyl (C=O) groups excluding carboxylic acids is 2. The molecule has 2 saturated heterocycles. The molecule has 2 N–H and O–H groups in total. The molecular formula is C46H58N4O2. The topological polar surface area (TPSA) is 64.7 Å². The smallest absolute Gasteiger partial charge is 0.224 e. The molecule has 4 bridgehead atoms. The van der Waals surface area contributed by atoms with Crippen LogP contribution >= 0.6 is 0 Å². The monoisotopic (exact) mass is 698 g/mol. The van der Waals surface area contributed by atoms with Crippen molar-refractivity contribution in [2.75, 3.05) is 13.1 Å².